The van der Waals surface area contributed by atoms with Gasteiger partial charge in [0.25, 0.3) is 5.97 Å². The fourth-order valence-corrected chi connectivity index (χ4v) is 0. The van der Waals surface area contributed by atoms with E-state index >= 15 is 0 Å². The molecule has 0 saturated carbocycles. The third kappa shape index (κ3) is 268. The molecule has 0 saturated heterocycles. The van der Waals surface area contributed by atoms with Crippen LogP contribution in [0.2, 0.25) is 0 Å². The van der Waals surface area contributed by atoms with Crippen molar-refractivity contribution in [1.29, 1.82) is 0 Å². The predicted molar refractivity (Wildman–Crippen MR) is 20.7 cm³/mol. The summed E-state index contributed by atoms with van der Waals surface area (Å²) in [5.41, 5.74) is 0. The second kappa shape index (κ2) is 9.06. The van der Waals surface area contributed by atoms with Crippen LogP contribution in [0.15, 0.2) is 0 Å². The molecule has 0 aromatic rings. The molecule has 0 aromatic heterocycles. The van der Waals surface area contributed by atoms with Gasteiger partial charge in [0.05, 0.1) is 0 Å². The summed E-state index contributed by atoms with van der Waals surface area (Å²) in [6, 6.07) is 0. The molecule has 32 valence electrons. The van der Waals surface area contributed by atoms with Gasteiger partial charge in [-0.1, -0.05) is 0 Å². The number of aliphatic carboxylic acids is 1. The summed E-state index contributed by atoms with van der Waals surface area (Å²) >= 11 is 0. The fraction of sp³-hybridized carbons (Fsp3) is 0.500. The minimum Gasteiger partial charge on any atom is -2.00 e. The Morgan fingerprint density at radius 3 is 1.67 bits per heavy atom. The molecule has 1 N–H and O–H groups in total. The Hall–Kier alpha value is 0.443. The summed E-state index contributed by atoms with van der Waals surface area (Å²) in [4.78, 5) is 9.00. The van der Waals surface area contributed by atoms with Crippen molar-refractivity contribution >= 4 is 19.5 Å². The van der Waals surface area contributed by atoms with Crippen LogP contribution in [-0.4, -0.2) is 11.1 Å². The molecule has 0 rings (SSSR count). The Morgan fingerprint density at radius 2 is 1.67 bits per heavy atom. The van der Waals surface area contributed by atoms with E-state index in [2.05, 4.69) is 0 Å². The van der Waals surface area contributed by atoms with Crippen molar-refractivity contribution < 1.29 is 29.4 Å². The van der Waals surface area contributed by atoms with Gasteiger partial charge < -0.3 is 18.6 Å². The first-order chi connectivity index (χ1) is 1.73. The molecular weight excluding hydrogens is 153 g/mol. The largest absolute Gasteiger partial charge is 2.00 e. The van der Waals surface area contributed by atoms with E-state index in [1.807, 2.05) is 0 Å². The van der Waals surface area contributed by atoms with E-state index in [1.165, 1.54) is 0 Å². The number of carbonyl (C=O) groups is 1. The maximum absolute atomic E-state index is 9.00. The second-order valence-corrected chi connectivity index (χ2v) is 0.519. The molecular formula is C2H4O2SZn. The van der Waals surface area contributed by atoms with Gasteiger partial charge in [-0.25, -0.2) is 0 Å². The topological polar surface area (TPSA) is 37.3 Å². The van der Waals surface area contributed by atoms with Crippen LogP contribution in [0, 0.1) is 0 Å². The Morgan fingerprint density at radius 1 is 1.67 bits per heavy atom. The van der Waals surface area contributed by atoms with Gasteiger partial charge in [-0.05, 0) is 0 Å². The molecule has 0 amide bonds. The number of hydrogen-bond acceptors (Lipinski definition) is 1. The molecule has 0 atom stereocenters. The zero-order chi connectivity index (χ0) is 3.58. The minimum atomic E-state index is -0.833. The summed E-state index contributed by atoms with van der Waals surface area (Å²) in [5.74, 6) is -0.833. The molecule has 0 aliphatic rings. The summed E-state index contributed by atoms with van der Waals surface area (Å²) in [6.07, 6.45) is 0. The van der Waals surface area contributed by atoms with Crippen LogP contribution in [0.3, 0.4) is 0 Å². The third-order valence-corrected chi connectivity index (χ3v) is 0. The molecule has 2 nitrogen and oxygen atoms in total. The SMILES string of the molecule is CC(=O)O.[S-2].[Zn+2]. The number of rotatable bonds is 0. The van der Waals surface area contributed by atoms with E-state index < -0.39 is 5.97 Å². The van der Waals surface area contributed by atoms with Crippen LogP contribution < -0.4 is 0 Å². The van der Waals surface area contributed by atoms with Gasteiger partial charge in [0, 0.05) is 6.92 Å². The summed E-state index contributed by atoms with van der Waals surface area (Å²) in [5, 5.41) is 7.42. The van der Waals surface area contributed by atoms with Crippen LogP contribution in [0.5, 0.6) is 0 Å². The fourth-order valence-electron chi connectivity index (χ4n) is 0. The molecule has 4 heteroatoms. The van der Waals surface area contributed by atoms with E-state index in [1.54, 1.807) is 0 Å². The molecule has 6 heavy (non-hydrogen) atoms. The first-order valence-electron chi connectivity index (χ1n) is 0.928. The average molecular weight is 158 g/mol. The van der Waals surface area contributed by atoms with E-state index in [0.29, 0.717) is 0 Å². The molecule has 0 aliphatic carbocycles. The Balaban J connectivity index is -0.0000000450. The summed E-state index contributed by atoms with van der Waals surface area (Å²) < 4.78 is 0. The van der Waals surface area contributed by atoms with Crippen LogP contribution in [-0.2, 0) is 37.8 Å². The molecule has 0 radical (unpaired) electrons. The van der Waals surface area contributed by atoms with Crippen molar-refractivity contribution in [2.24, 2.45) is 0 Å². The molecule has 0 fully saturated rings. The van der Waals surface area contributed by atoms with Crippen LogP contribution in [0.4, 0.5) is 0 Å². The summed E-state index contributed by atoms with van der Waals surface area (Å²) in [6.45, 7) is 1.08. The standard InChI is InChI=1S/C2H4O2.S.Zn/c1-2(3)4;;/h1H3,(H,3,4);;/q;-2;+2. The van der Waals surface area contributed by atoms with Crippen LogP contribution in [0.1, 0.15) is 6.92 Å². The van der Waals surface area contributed by atoms with Gasteiger partial charge in [-0.15, -0.1) is 0 Å². The number of carboxylic acids is 1. The van der Waals surface area contributed by atoms with E-state index in [0.717, 1.165) is 6.92 Å². The van der Waals surface area contributed by atoms with Crippen molar-refractivity contribution in [3.8, 4) is 0 Å². The van der Waals surface area contributed by atoms with Gasteiger partial charge in [-0.3, -0.25) is 4.79 Å². The molecule has 0 bridgehead atoms. The van der Waals surface area contributed by atoms with Gasteiger partial charge in [-0.2, -0.15) is 0 Å². The predicted octanol–water partition coefficient (Wildman–Crippen LogP) is 0.0860. The van der Waals surface area contributed by atoms with E-state index in [9.17, 15) is 0 Å². The van der Waals surface area contributed by atoms with Gasteiger partial charge in [0.2, 0.25) is 0 Å². The van der Waals surface area contributed by atoms with Crippen molar-refractivity contribution in [1.82, 2.24) is 0 Å². The minimum absolute atomic E-state index is 0. The van der Waals surface area contributed by atoms with Gasteiger partial charge >= 0.3 is 19.5 Å². The first-order valence-corrected chi connectivity index (χ1v) is 0.928. The van der Waals surface area contributed by atoms with Crippen molar-refractivity contribution in [3.05, 3.63) is 0 Å². The first kappa shape index (κ1) is 16.1. The van der Waals surface area contributed by atoms with Crippen molar-refractivity contribution in [2.45, 2.75) is 6.92 Å². The Kier molecular flexibility index (Phi) is 24.3. The maximum Gasteiger partial charge on any atom is 2.00 e. The zero-order valence-electron chi connectivity index (χ0n) is 3.47. The third-order valence-electron chi connectivity index (χ3n) is 0. The normalized spacial score (nSPS) is 4.17. The Bertz CT molecular complexity index is 34.5. The number of carboxylic acid groups (broad SMARTS) is 1. The van der Waals surface area contributed by atoms with Crippen molar-refractivity contribution in [3.63, 3.8) is 0 Å². The van der Waals surface area contributed by atoms with Crippen LogP contribution in [0.25, 0.3) is 0 Å². The van der Waals surface area contributed by atoms with Gasteiger partial charge in [0.15, 0.2) is 0 Å². The molecule has 0 aliphatic heterocycles. The van der Waals surface area contributed by atoms with Gasteiger partial charge in [0.1, 0.15) is 0 Å². The monoisotopic (exact) mass is 156 g/mol. The second-order valence-electron chi connectivity index (χ2n) is 0.519. The Labute approximate surface area is 56.1 Å². The smallest absolute Gasteiger partial charge is 2.00 e. The molecule has 0 spiro atoms. The zero-order valence-corrected chi connectivity index (χ0v) is 7.25. The van der Waals surface area contributed by atoms with Crippen LogP contribution >= 0.6 is 0 Å². The molecule has 0 unspecified atom stereocenters. The van der Waals surface area contributed by atoms with E-state index in [4.69, 9.17) is 9.90 Å². The van der Waals surface area contributed by atoms with E-state index in [-0.39, 0.29) is 33.0 Å². The average Bonchev–Trinajstić information content (AvgIpc) is 0.811. The molecule has 0 aromatic carbocycles. The quantitative estimate of drug-likeness (QED) is 0.506. The number of hydrogen-bond donors (Lipinski definition) is 1. The van der Waals surface area contributed by atoms with Crippen molar-refractivity contribution in [2.75, 3.05) is 0 Å². The maximum atomic E-state index is 9.00. The molecule has 0 heterocycles. The summed E-state index contributed by atoms with van der Waals surface area (Å²) in [7, 11) is 0.